The van der Waals surface area contributed by atoms with Crippen LogP contribution in [0.5, 0.6) is 0 Å². The largest absolute Gasteiger partial charge is 0.463 e. The fourth-order valence-electron chi connectivity index (χ4n) is 0.913. The van der Waals surface area contributed by atoms with Gasteiger partial charge in [-0.05, 0) is 12.5 Å². The molecule has 1 aromatic heterocycles. The van der Waals surface area contributed by atoms with E-state index in [2.05, 4.69) is 11.7 Å². The van der Waals surface area contributed by atoms with Crippen LogP contribution in [0.1, 0.15) is 17.4 Å². The Kier molecular flexibility index (Phi) is 3.10. The second kappa shape index (κ2) is 4.11. The molecule has 0 spiro atoms. The van der Waals surface area contributed by atoms with E-state index in [4.69, 9.17) is 5.73 Å². The van der Waals surface area contributed by atoms with Gasteiger partial charge in [0.1, 0.15) is 6.61 Å². The van der Waals surface area contributed by atoms with E-state index >= 15 is 0 Å². The van der Waals surface area contributed by atoms with Crippen molar-refractivity contribution in [1.82, 2.24) is 0 Å². The third-order valence-electron chi connectivity index (χ3n) is 1.55. The SMILES string of the molecule is CCc1cc(COC=O)c(N)s1. The van der Waals surface area contributed by atoms with Gasteiger partial charge in [0.25, 0.3) is 6.47 Å². The van der Waals surface area contributed by atoms with Crippen LogP contribution in [0.25, 0.3) is 0 Å². The molecule has 3 nitrogen and oxygen atoms in total. The van der Waals surface area contributed by atoms with Gasteiger partial charge in [0, 0.05) is 10.4 Å². The first-order valence-corrected chi connectivity index (χ1v) is 4.52. The van der Waals surface area contributed by atoms with E-state index in [9.17, 15) is 4.79 Å². The monoisotopic (exact) mass is 185 g/mol. The normalized spacial score (nSPS) is 9.75. The molecular formula is C8H11NO2S. The van der Waals surface area contributed by atoms with Crippen molar-refractivity contribution < 1.29 is 9.53 Å². The van der Waals surface area contributed by atoms with Gasteiger partial charge in [0.05, 0.1) is 5.00 Å². The Morgan fingerprint density at radius 2 is 2.50 bits per heavy atom. The number of rotatable bonds is 4. The molecule has 66 valence electrons. The molecule has 4 heteroatoms. The molecule has 0 aliphatic rings. The molecule has 0 amide bonds. The lowest BCUT2D eigenvalue weighted by molar-refractivity contribution is -0.129. The summed E-state index contributed by atoms with van der Waals surface area (Å²) in [6.45, 7) is 2.78. The van der Waals surface area contributed by atoms with E-state index < -0.39 is 0 Å². The van der Waals surface area contributed by atoms with Crippen molar-refractivity contribution in [2.75, 3.05) is 5.73 Å². The van der Waals surface area contributed by atoms with E-state index in [1.54, 1.807) is 11.3 Å². The van der Waals surface area contributed by atoms with E-state index in [0.717, 1.165) is 17.0 Å². The molecule has 0 aliphatic heterocycles. The highest BCUT2D eigenvalue weighted by atomic mass is 32.1. The van der Waals surface area contributed by atoms with Gasteiger partial charge in [-0.3, -0.25) is 4.79 Å². The number of thiophene rings is 1. The Balaban J connectivity index is 2.70. The number of hydrogen-bond donors (Lipinski definition) is 1. The number of hydrogen-bond acceptors (Lipinski definition) is 4. The minimum absolute atomic E-state index is 0.284. The third-order valence-corrected chi connectivity index (χ3v) is 2.70. The molecule has 0 saturated heterocycles. The van der Waals surface area contributed by atoms with Crippen LogP contribution < -0.4 is 5.73 Å². The Morgan fingerprint density at radius 1 is 1.75 bits per heavy atom. The zero-order valence-electron chi connectivity index (χ0n) is 6.87. The van der Waals surface area contributed by atoms with Crippen LogP contribution >= 0.6 is 11.3 Å². The number of nitrogen functional groups attached to an aromatic ring is 1. The highest BCUT2D eigenvalue weighted by Crippen LogP contribution is 2.25. The van der Waals surface area contributed by atoms with Crippen molar-refractivity contribution >= 4 is 22.8 Å². The van der Waals surface area contributed by atoms with E-state index in [1.165, 1.54) is 4.88 Å². The number of carbonyl (C=O) groups is 1. The van der Waals surface area contributed by atoms with E-state index in [-0.39, 0.29) is 6.61 Å². The van der Waals surface area contributed by atoms with Crippen LogP contribution in [0.2, 0.25) is 0 Å². The van der Waals surface area contributed by atoms with Gasteiger partial charge >= 0.3 is 0 Å². The van der Waals surface area contributed by atoms with Crippen molar-refractivity contribution in [3.63, 3.8) is 0 Å². The lowest BCUT2D eigenvalue weighted by Crippen LogP contribution is -1.91. The highest BCUT2D eigenvalue weighted by molar-refractivity contribution is 7.16. The average molecular weight is 185 g/mol. The molecule has 0 aromatic carbocycles. The number of aryl methyl sites for hydroxylation is 1. The lowest BCUT2D eigenvalue weighted by atomic mass is 10.3. The molecular weight excluding hydrogens is 174 g/mol. The summed E-state index contributed by atoms with van der Waals surface area (Å²) in [6.07, 6.45) is 0.968. The number of carbonyl (C=O) groups excluding carboxylic acids is 1. The standard InChI is InChI=1S/C8H11NO2S/c1-2-7-3-6(4-11-5-10)8(9)12-7/h3,5H,2,4,9H2,1H3. The minimum atomic E-state index is 0.284. The molecule has 1 heterocycles. The van der Waals surface area contributed by atoms with Crippen LogP contribution in [-0.2, 0) is 22.6 Å². The van der Waals surface area contributed by atoms with Crippen LogP contribution in [0.4, 0.5) is 5.00 Å². The summed E-state index contributed by atoms with van der Waals surface area (Å²) in [5, 5.41) is 0.744. The number of ether oxygens (including phenoxy) is 1. The summed E-state index contributed by atoms with van der Waals surface area (Å²) in [5.41, 5.74) is 6.59. The van der Waals surface area contributed by atoms with Crippen LogP contribution in [-0.4, -0.2) is 6.47 Å². The van der Waals surface area contributed by atoms with Gasteiger partial charge in [-0.25, -0.2) is 0 Å². The summed E-state index contributed by atoms with van der Waals surface area (Å²) < 4.78 is 4.60. The van der Waals surface area contributed by atoms with Gasteiger partial charge in [-0.2, -0.15) is 0 Å². The van der Waals surface area contributed by atoms with Gasteiger partial charge < -0.3 is 10.5 Å². The Bertz CT molecular complexity index is 270. The average Bonchev–Trinajstić information content (AvgIpc) is 2.43. The molecule has 0 atom stereocenters. The molecule has 2 N–H and O–H groups in total. The smallest absolute Gasteiger partial charge is 0.293 e. The summed E-state index contributed by atoms with van der Waals surface area (Å²) >= 11 is 1.55. The fraction of sp³-hybridized carbons (Fsp3) is 0.375. The van der Waals surface area contributed by atoms with Crippen molar-refractivity contribution in [3.8, 4) is 0 Å². The predicted octanol–water partition coefficient (Wildman–Crippen LogP) is 1.57. The molecule has 0 fully saturated rings. The molecule has 1 rings (SSSR count). The number of anilines is 1. The van der Waals surface area contributed by atoms with Crippen LogP contribution in [0, 0.1) is 0 Å². The van der Waals surface area contributed by atoms with Gasteiger partial charge in [0.2, 0.25) is 0 Å². The molecule has 0 radical (unpaired) electrons. The van der Waals surface area contributed by atoms with E-state index in [0.29, 0.717) is 6.47 Å². The number of nitrogens with two attached hydrogens (primary N) is 1. The van der Waals surface area contributed by atoms with Crippen LogP contribution in [0.15, 0.2) is 6.07 Å². The zero-order chi connectivity index (χ0) is 8.97. The lowest BCUT2D eigenvalue weighted by Gasteiger charge is -1.95. The van der Waals surface area contributed by atoms with Gasteiger partial charge in [-0.1, -0.05) is 6.92 Å². The predicted molar refractivity (Wildman–Crippen MR) is 49.0 cm³/mol. The summed E-state index contributed by atoms with van der Waals surface area (Å²) in [4.78, 5) is 11.1. The van der Waals surface area contributed by atoms with Crippen molar-refractivity contribution in [2.24, 2.45) is 0 Å². The first kappa shape index (κ1) is 9.06. The molecule has 0 unspecified atom stereocenters. The third kappa shape index (κ3) is 1.98. The molecule has 0 aliphatic carbocycles. The summed E-state index contributed by atoms with van der Waals surface area (Å²) in [6, 6.07) is 1.98. The topological polar surface area (TPSA) is 52.3 Å². The molecule has 0 bridgehead atoms. The van der Waals surface area contributed by atoms with Gasteiger partial charge in [0.15, 0.2) is 0 Å². The highest BCUT2D eigenvalue weighted by Gasteiger charge is 2.04. The second-order valence-corrected chi connectivity index (χ2v) is 3.53. The van der Waals surface area contributed by atoms with Crippen LogP contribution in [0.3, 0.4) is 0 Å². The van der Waals surface area contributed by atoms with Crippen molar-refractivity contribution in [1.29, 1.82) is 0 Å². The molecule has 12 heavy (non-hydrogen) atoms. The quantitative estimate of drug-likeness (QED) is 0.724. The zero-order valence-corrected chi connectivity index (χ0v) is 7.69. The van der Waals surface area contributed by atoms with Crippen molar-refractivity contribution in [2.45, 2.75) is 20.0 Å². The first-order valence-electron chi connectivity index (χ1n) is 3.70. The second-order valence-electron chi connectivity index (χ2n) is 2.36. The summed E-state index contributed by atoms with van der Waals surface area (Å²) in [5.74, 6) is 0. The molecule has 1 aromatic rings. The van der Waals surface area contributed by atoms with Crippen molar-refractivity contribution in [3.05, 3.63) is 16.5 Å². The maximum absolute atomic E-state index is 9.91. The maximum atomic E-state index is 9.91. The Labute approximate surface area is 75.1 Å². The van der Waals surface area contributed by atoms with Gasteiger partial charge in [-0.15, -0.1) is 11.3 Å². The minimum Gasteiger partial charge on any atom is -0.463 e. The Morgan fingerprint density at radius 3 is 3.00 bits per heavy atom. The van der Waals surface area contributed by atoms with E-state index in [1.807, 2.05) is 6.07 Å². The molecule has 0 saturated carbocycles. The maximum Gasteiger partial charge on any atom is 0.293 e. The Hall–Kier alpha value is -1.03. The first-order chi connectivity index (χ1) is 5.77. The fourth-order valence-corrected chi connectivity index (χ4v) is 1.79. The summed E-state index contributed by atoms with van der Waals surface area (Å²) in [7, 11) is 0.